The first-order valence-corrected chi connectivity index (χ1v) is 10.5. The molecule has 5 nitrogen and oxygen atoms in total. The van der Waals surface area contributed by atoms with Crippen molar-refractivity contribution in [2.75, 3.05) is 4.72 Å². The van der Waals surface area contributed by atoms with Crippen molar-refractivity contribution in [2.45, 2.75) is 11.8 Å². The molecular weight excluding hydrogens is 419 g/mol. The topological polar surface area (TPSA) is 72.2 Å². The second-order valence-corrected chi connectivity index (χ2v) is 8.84. The Balaban J connectivity index is 1.68. The van der Waals surface area contributed by atoms with E-state index in [0.717, 1.165) is 11.1 Å². The molecule has 4 aromatic rings. The summed E-state index contributed by atoms with van der Waals surface area (Å²) in [6.45, 7) is 1.98. The average molecular weight is 433 g/mol. The van der Waals surface area contributed by atoms with E-state index < -0.39 is 10.0 Å². The molecule has 0 aliphatic heterocycles. The first-order valence-electron chi connectivity index (χ1n) is 8.27. The molecule has 28 heavy (non-hydrogen) atoms. The van der Waals surface area contributed by atoms with Crippen LogP contribution in [0.3, 0.4) is 0 Å². The summed E-state index contributed by atoms with van der Waals surface area (Å²) in [5.41, 5.74) is 3.51. The van der Waals surface area contributed by atoms with Gasteiger partial charge in [-0.1, -0.05) is 35.3 Å². The molecule has 0 atom stereocenters. The number of hydrogen-bond donors (Lipinski definition) is 1. The minimum atomic E-state index is -3.86. The highest BCUT2D eigenvalue weighted by atomic mass is 35.5. The van der Waals surface area contributed by atoms with E-state index in [-0.39, 0.29) is 14.9 Å². The highest BCUT2D eigenvalue weighted by Gasteiger charge is 2.17. The Hall–Kier alpha value is -2.54. The lowest BCUT2D eigenvalue weighted by atomic mass is 10.2. The molecule has 0 aliphatic rings. The fourth-order valence-corrected chi connectivity index (χ4v) is 4.55. The predicted octanol–water partition coefficient (Wildman–Crippen LogP) is 5.91. The average Bonchev–Trinajstić information content (AvgIpc) is 3.04. The maximum atomic E-state index is 12.7. The second kappa shape index (κ2) is 7.13. The lowest BCUT2D eigenvalue weighted by molar-refractivity contribution is 0.601. The Morgan fingerprint density at radius 1 is 0.964 bits per heavy atom. The van der Waals surface area contributed by atoms with Gasteiger partial charge in [-0.15, -0.1) is 0 Å². The van der Waals surface area contributed by atoms with Crippen LogP contribution in [0.4, 0.5) is 5.69 Å². The van der Waals surface area contributed by atoms with Crippen LogP contribution in [0.2, 0.25) is 10.0 Å². The lowest BCUT2D eigenvalue weighted by Gasteiger charge is -2.09. The zero-order valence-corrected chi connectivity index (χ0v) is 16.9. The first kappa shape index (κ1) is 18.8. The number of fused-ring (bicyclic) bond motifs is 1. The van der Waals surface area contributed by atoms with Crippen molar-refractivity contribution < 1.29 is 12.8 Å². The van der Waals surface area contributed by atoms with Crippen LogP contribution in [0, 0.1) is 6.92 Å². The molecule has 1 aromatic heterocycles. The number of halogens is 2. The predicted molar refractivity (Wildman–Crippen MR) is 111 cm³/mol. The molecule has 3 aromatic carbocycles. The summed E-state index contributed by atoms with van der Waals surface area (Å²) in [5, 5.41) is 0.479. The second-order valence-electron chi connectivity index (χ2n) is 6.28. The molecule has 1 N–H and O–H groups in total. The largest absolute Gasteiger partial charge is 0.436 e. The van der Waals surface area contributed by atoms with Crippen LogP contribution < -0.4 is 4.72 Å². The number of sulfonamides is 1. The van der Waals surface area contributed by atoms with E-state index in [9.17, 15) is 8.42 Å². The molecule has 0 fully saturated rings. The van der Waals surface area contributed by atoms with Crippen LogP contribution in [0.15, 0.2) is 70.0 Å². The van der Waals surface area contributed by atoms with Gasteiger partial charge >= 0.3 is 0 Å². The van der Waals surface area contributed by atoms with Gasteiger partial charge in [0.1, 0.15) is 5.52 Å². The minimum absolute atomic E-state index is 0.0206. The molecule has 1 heterocycles. The summed E-state index contributed by atoms with van der Waals surface area (Å²) in [6, 6.07) is 16.7. The Kier molecular flexibility index (Phi) is 4.79. The third-order valence-corrected chi connectivity index (χ3v) is 5.85. The van der Waals surface area contributed by atoms with Crippen molar-refractivity contribution in [3.8, 4) is 11.5 Å². The number of benzene rings is 3. The Labute approximate surface area is 172 Å². The molecule has 8 heteroatoms. The van der Waals surface area contributed by atoms with Crippen molar-refractivity contribution in [2.24, 2.45) is 0 Å². The molecule has 0 spiro atoms. The Morgan fingerprint density at radius 3 is 2.46 bits per heavy atom. The molecule has 0 radical (unpaired) electrons. The van der Waals surface area contributed by atoms with Gasteiger partial charge in [0.25, 0.3) is 10.0 Å². The molecule has 0 saturated carbocycles. The summed E-state index contributed by atoms with van der Waals surface area (Å²) in [6.07, 6.45) is 0. The van der Waals surface area contributed by atoms with Crippen molar-refractivity contribution in [1.29, 1.82) is 0 Å². The van der Waals surface area contributed by atoms with Gasteiger partial charge in [-0.05, 0) is 61.0 Å². The summed E-state index contributed by atoms with van der Waals surface area (Å²) in [7, 11) is -3.86. The zero-order chi connectivity index (χ0) is 19.9. The maximum absolute atomic E-state index is 12.7. The van der Waals surface area contributed by atoms with Crippen LogP contribution in [-0.4, -0.2) is 13.4 Å². The number of hydrogen-bond acceptors (Lipinski definition) is 4. The van der Waals surface area contributed by atoms with E-state index >= 15 is 0 Å². The number of oxazole rings is 1. The number of aromatic nitrogens is 1. The number of aryl methyl sites for hydroxylation is 1. The molecule has 0 saturated heterocycles. The first-order chi connectivity index (χ1) is 13.3. The molecule has 0 amide bonds. The van der Waals surface area contributed by atoms with Gasteiger partial charge < -0.3 is 4.42 Å². The summed E-state index contributed by atoms with van der Waals surface area (Å²) in [5.74, 6) is 0.410. The fourth-order valence-electron chi connectivity index (χ4n) is 2.77. The van der Waals surface area contributed by atoms with Crippen molar-refractivity contribution in [3.05, 3.63) is 76.3 Å². The standard InChI is InChI=1S/C20H14Cl2N2O3S/c1-12-5-6-19-18(7-12)23-20(27-19)13-3-2-4-16(8-13)24-28(25,26)17-10-14(21)9-15(22)11-17/h2-11,24H,1H3. The Morgan fingerprint density at radius 2 is 1.71 bits per heavy atom. The minimum Gasteiger partial charge on any atom is -0.436 e. The molecule has 4 rings (SSSR count). The number of anilines is 1. The van der Waals surface area contributed by atoms with E-state index in [1.807, 2.05) is 25.1 Å². The zero-order valence-electron chi connectivity index (χ0n) is 14.6. The quantitative estimate of drug-likeness (QED) is 0.434. The van der Waals surface area contributed by atoms with Crippen molar-refractivity contribution in [3.63, 3.8) is 0 Å². The van der Waals surface area contributed by atoms with Crippen molar-refractivity contribution >= 4 is 50.0 Å². The smallest absolute Gasteiger partial charge is 0.261 e. The van der Waals surface area contributed by atoms with Crippen LogP contribution in [0.1, 0.15) is 5.56 Å². The van der Waals surface area contributed by atoms with Gasteiger partial charge in [0, 0.05) is 21.3 Å². The van der Waals surface area contributed by atoms with Crippen LogP contribution in [-0.2, 0) is 10.0 Å². The van der Waals surface area contributed by atoms with E-state index in [2.05, 4.69) is 9.71 Å². The van der Waals surface area contributed by atoms with Crippen LogP contribution in [0.25, 0.3) is 22.6 Å². The summed E-state index contributed by atoms with van der Waals surface area (Å²) in [4.78, 5) is 4.46. The van der Waals surface area contributed by atoms with Gasteiger partial charge in [0.15, 0.2) is 5.58 Å². The fraction of sp³-hybridized carbons (Fsp3) is 0.0500. The maximum Gasteiger partial charge on any atom is 0.261 e. The normalized spacial score (nSPS) is 11.7. The highest BCUT2D eigenvalue weighted by molar-refractivity contribution is 7.92. The third-order valence-electron chi connectivity index (χ3n) is 4.05. The molecule has 142 valence electrons. The Bertz CT molecular complexity index is 1280. The van der Waals surface area contributed by atoms with E-state index in [1.165, 1.54) is 18.2 Å². The SMILES string of the molecule is Cc1ccc2oc(-c3cccc(NS(=O)(=O)c4cc(Cl)cc(Cl)c4)c3)nc2c1. The lowest BCUT2D eigenvalue weighted by Crippen LogP contribution is -2.13. The molecule has 0 aliphatic carbocycles. The molecule has 0 bridgehead atoms. The third kappa shape index (κ3) is 3.85. The number of nitrogens with one attached hydrogen (secondary N) is 1. The number of rotatable bonds is 4. The van der Waals surface area contributed by atoms with E-state index in [0.29, 0.717) is 22.7 Å². The summed E-state index contributed by atoms with van der Waals surface area (Å²) >= 11 is 11.8. The molecule has 0 unspecified atom stereocenters. The van der Waals surface area contributed by atoms with Gasteiger partial charge in [-0.2, -0.15) is 0 Å². The van der Waals surface area contributed by atoms with E-state index in [1.54, 1.807) is 24.3 Å². The van der Waals surface area contributed by atoms with Gasteiger partial charge in [0.05, 0.1) is 4.90 Å². The molecular formula is C20H14Cl2N2O3S. The van der Waals surface area contributed by atoms with Crippen LogP contribution >= 0.6 is 23.2 Å². The van der Waals surface area contributed by atoms with Gasteiger partial charge in [-0.25, -0.2) is 13.4 Å². The number of nitrogens with zero attached hydrogens (tertiary/aromatic N) is 1. The van der Waals surface area contributed by atoms with Gasteiger partial charge in [0.2, 0.25) is 5.89 Å². The van der Waals surface area contributed by atoms with E-state index in [4.69, 9.17) is 27.6 Å². The van der Waals surface area contributed by atoms with Crippen molar-refractivity contribution in [1.82, 2.24) is 4.98 Å². The summed E-state index contributed by atoms with van der Waals surface area (Å²) < 4.78 is 33.6. The highest BCUT2D eigenvalue weighted by Crippen LogP contribution is 2.28. The monoisotopic (exact) mass is 432 g/mol. The van der Waals surface area contributed by atoms with Crippen LogP contribution in [0.5, 0.6) is 0 Å². The van der Waals surface area contributed by atoms with Gasteiger partial charge in [-0.3, -0.25) is 4.72 Å².